The van der Waals surface area contributed by atoms with Crippen molar-refractivity contribution in [3.63, 3.8) is 0 Å². The molecule has 1 fully saturated rings. The quantitative estimate of drug-likeness (QED) is 0.771. The first kappa shape index (κ1) is 11.1. The average molecular weight is 220 g/mol. The highest BCUT2D eigenvalue weighted by atomic mass is 16.5. The standard InChI is InChI=1S/C12H16N2O2/c1-13-12(15)10-4-2-9(3-5-10)11-8-16-7-6-14-11/h2-5,11,14H,6-8H2,1H3,(H,13,15). The molecular weight excluding hydrogens is 204 g/mol. The molecule has 4 heteroatoms. The van der Waals surface area contributed by atoms with Gasteiger partial charge < -0.3 is 15.4 Å². The van der Waals surface area contributed by atoms with Gasteiger partial charge in [-0.05, 0) is 17.7 Å². The summed E-state index contributed by atoms with van der Waals surface area (Å²) in [6, 6.07) is 7.86. The molecule has 0 spiro atoms. The minimum Gasteiger partial charge on any atom is -0.378 e. The van der Waals surface area contributed by atoms with E-state index >= 15 is 0 Å². The molecule has 2 N–H and O–H groups in total. The summed E-state index contributed by atoms with van der Waals surface area (Å²) in [5, 5.41) is 5.97. The van der Waals surface area contributed by atoms with E-state index in [4.69, 9.17) is 4.74 Å². The maximum absolute atomic E-state index is 11.3. The minimum atomic E-state index is -0.0561. The van der Waals surface area contributed by atoms with Crippen LogP contribution in [0.5, 0.6) is 0 Å². The molecule has 1 aliphatic heterocycles. The van der Waals surface area contributed by atoms with Crippen LogP contribution in [-0.4, -0.2) is 32.7 Å². The van der Waals surface area contributed by atoms with Crippen molar-refractivity contribution in [2.75, 3.05) is 26.8 Å². The second-order valence-electron chi connectivity index (χ2n) is 3.78. The molecule has 1 aromatic rings. The van der Waals surface area contributed by atoms with Gasteiger partial charge in [0.1, 0.15) is 0 Å². The van der Waals surface area contributed by atoms with Gasteiger partial charge in [0.2, 0.25) is 0 Å². The van der Waals surface area contributed by atoms with E-state index in [9.17, 15) is 4.79 Å². The number of amides is 1. The average Bonchev–Trinajstić information content (AvgIpc) is 2.39. The molecule has 86 valence electrons. The summed E-state index contributed by atoms with van der Waals surface area (Å²) in [7, 11) is 1.63. The molecule has 1 aromatic carbocycles. The van der Waals surface area contributed by atoms with Crippen LogP contribution in [0.15, 0.2) is 24.3 Å². The minimum absolute atomic E-state index is 0.0561. The largest absolute Gasteiger partial charge is 0.378 e. The van der Waals surface area contributed by atoms with Gasteiger partial charge in [-0.2, -0.15) is 0 Å². The van der Waals surface area contributed by atoms with Crippen molar-refractivity contribution in [2.45, 2.75) is 6.04 Å². The zero-order chi connectivity index (χ0) is 11.4. The van der Waals surface area contributed by atoms with Gasteiger partial charge in [0, 0.05) is 19.2 Å². The molecule has 0 aliphatic carbocycles. The van der Waals surface area contributed by atoms with Crippen molar-refractivity contribution in [2.24, 2.45) is 0 Å². The first-order valence-electron chi connectivity index (χ1n) is 5.44. The van der Waals surface area contributed by atoms with Crippen molar-refractivity contribution in [1.82, 2.24) is 10.6 Å². The van der Waals surface area contributed by atoms with Crippen LogP contribution in [0.25, 0.3) is 0 Å². The number of nitrogens with one attached hydrogen (secondary N) is 2. The second-order valence-corrected chi connectivity index (χ2v) is 3.78. The van der Waals surface area contributed by atoms with Crippen LogP contribution in [0.4, 0.5) is 0 Å². The van der Waals surface area contributed by atoms with Gasteiger partial charge >= 0.3 is 0 Å². The predicted octanol–water partition coefficient (Wildman–Crippen LogP) is 0.707. The molecule has 1 saturated heterocycles. The van der Waals surface area contributed by atoms with E-state index in [1.807, 2.05) is 24.3 Å². The lowest BCUT2D eigenvalue weighted by Crippen LogP contribution is -2.34. The molecule has 4 nitrogen and oxygen atoms in total. The molecule has 0 aromatic heterocycles. The monoisotopic (exact) mass is 220 g/mol. The highest BCUT2D eigenvalue weighted by Crippen LogP contribution is 2.16. The lowest BCUT2D eigenvalue weighted by atomic mass is 10.0. The van der Waals surface area contributed by atoms with E-state index in [0.29, 0.717) is 12.2 Å². The molecule has 2 rings (SSSR count). The highest BCUT2D eigenvalue weighted by molar-refractivity contribution is 5.93. The number of hydrogen-bond acceptors (Lipinski definition) is 3. The van der Waals surface area contributed by atoms with Crippen molar-refractivity contribution < 1.29 is 9.53 Å². The summed E-state index contributed by atoms with van der Waals surface area (Å²) in [6.07, 6.45) is 0. The topological polar surface area (TPSA) is 50.4 Å². The van der Waals surface area contributed by atoms with Crippen LogP contribution in [0, 0.1) is 0 Å². The number of rotatable bonds is 2. The molecule has 1 aliphatic rings. The Balaban J connectivity index is 2.09. The van der Waals surface area contributed by atoms with Gasteiger partial charge in [0.15, 0.2) is 0 Å². The van der Waals surface area contributed by atoms with Gasteiger partial charge in [-0.1, -0.05) is 12.1 Å². The molecule has 0 bridgehead atoms. The maximum atomic E-state index is 11.3. The molecule has 16 heavy (non-hydrogen) atoms. The Hall–Kier alpha value is -1.39. The van der Waals surface area contributed by atoms with Crippen LogP contribution in [0.1, 0.15) is 22.0 Å². The van der Waals surface area contributed by atoms with Crippen molar-refractivity contribution in [3.05, 3.63) is 35.4 Å². The summed E-state index contributed by atoms with van der Waals surface area (Å²) < 4.78 is 5.39. The fourth-order valence-electron chi connectivity index (χ4n) is 1.79. The summed E-state index contributed by atoms with van der Waals surface area (Å²) in [5.74, 6) is -0.0561. The highest BCUT2D eigenvalue weighted by Gasteiger charge is 2.15. The third-order valence-corrected chi connectivity index (χ3v) is 2.72. The SMILES string of the molecule is CNC(=O)c1ccc(C2COCCN2)cc1. The van der Waals surface area contributed by atoms with Crippen LogP contribution in [0.2, 0.25) is 0 Å². The lowest BCUT2D eigenvalue weighted by molar-refractivity contribution is 0.0769. The Kier molecular flexibility index (Phi) is 3.54. The number of carbonyl (C=O) groups excluding carboxylic acids is 1. The smallest absolute Gasteiger partial charge is 0.251 e. The van der Waals surface area contributed by atoms with Crippen LogP contribution < -0.4 is 10.6 Å². The van der Waals surface area contributed by atoms with Crippen molar-refractivity contribution in [3.8, 4) is 0 Å². The number of morpholine rings is 1. The Bertz CT molecular complexity index is 356. The van der Waals surface area contributed by atoms with Gasteiger partial charge in [0.25, 0.3) is 5.91 Å². The number of ether oxygens (including phenoxy) is 1. The summed E-state index contributed by atoms with van der Waals surface area (Å²) in [6.45, 7) is 2.34. The zero-order valence-corrected chi connectivity index (χ0v) is 9.32. The Morgan fingerprint density at radius 2 is 2.19 bits per heavy atom. The van der Waals surface area contributed by atoms with Gasteiger partial charge in [-0.25, -0.2) is 0 Å². The van der Waals surface area contributed by atoms with Crippen LogP contribution in [0.3, 0.4) is 0 Å². The third kappa shape index (κ3) is 2.40. The fourth-order valence-corrected chi connectivity index (χ4v) is 1.79. The van der Waals surface area contributed by atoms with E-state index in [0.717, 1.165) is 18.7 Å². The van der Waals surface area contributed by atoms with E-state index in [1.54, 1.807) is 7.05 Å². The van der Waals surface area contributed by atoms with E-state index in [1.165, 1.54) is 0 Å². The van der Waals surface area contributed by atoms with E-state index in [-0.39, 0.29) is 11.9 Å². The normalized spacial score (nSPS) is 20.4. The third-order valence-electron chi connectivity index (χ3n) is 2.72. The molecule has 1 amide bonds. The van der Waals surface area contributed by atoms with E-state index < -0.39 is 0 Å². The summed E-state index contributed by atoms with van der Waals surface area (Å²) in [5.41, 5.74) is 1.84. The van der Waals surface area contributed by atoms with Gasteiger partial charge in [0.05, 0.1) is 19.3 Å². The lowest BCUT2D eigenvalue weighted by Gasteiger charge is -2.24. The summed E-state index contributed by atoms with van der Waals surface area (Å²) >= 11 is 0. The molecule has 1 unspecified atom stereocenters. The van der Waals surface area contributed by atoms with Crippen LogP contribution in [-0.2, 0) is 4.74 Å². The fraction of sp³-hybridized carbons (Fsp3) is 0.417. The van der Waals surface area contributed by atoms with Crippen LogP contribution >= 0.6 is 0 Å². The van der Waals surface area contributed by atoms with Gasteiger partial charge in [-0.3, -0.25) is 4.79 Å². The predicted molar refractivity (Wildman–Crippen MR) is 61.4 cm³/mol. The molecule has 1 atom stereocenters. The maximum Gasteiger partial charge on any atom is 0.251 e. The molecular formula is C12H16N2O2. The van der Waals surface area contributed by atoms with Crippen molar-refractivity contribution >= 4 is 5.91 Å². The van der Waals surface area contributed by atoms with Gasteiger partial charge in [-0.15, -0.1) is 0 Å². The zero-order valence-electron chi connectivity index (χ0n) is 9.32. The Labute approximate surface area is 95.0 Å². The first-order valence-corrected chi connectivity index (χ1v) is 5.44. The Morgan fingerprint density at radius 3 is 2.75 bits per heavy atom. The Morgan fingerprint density at radius 1 is 1.44 bits per heavy atom. The number of benzene rings is 1. The number of carbonyl (C=O) groups is 1. The van der Waals surface area contributed by atoms with E-state index in [2.05, 4.69) is 10.6 Å². The molecule has 1 heterocycles. The molecule has 0 radical (unpaired) electrons. The number of hydrogen-bond donors (Lipinski definition) is 2. The molecule has 0 saturated carbocycles. The van der Waals surface area contributed by atoms with Crippen molar-refractivity contribution in [1.29, 1.82) is 0 Å². The summed E-state index contributed by atoms with van der Waals surface area (Å²) in [4.78, 5) is 11.3. The second kappa shape index (κ2) is 5.09. The first-order chi connectivity index (χ1) is 7.81.